The third-order valence-corrected chi connectivity index (χ3v) is 4.08. The van der Waals surface area contributed by atoms with Crippen LogP contribution in [0.25, 0.3) is 0 Å². The normalized spacial score (nSPS) is 23.9. The molecule has 0 aromatic rings. The molecule has 2 N–H and O–H groups in total. The van der Waals surface area contributed by atoms with E-state index in [0.29, 0.717) is 12.8 Å². The van der Waals surface area contributed by atoms with Crippen LogP contribution in [0, 0.1) is 0 Å². The number of nitrogens with one attached hydrogen (secondary N) is 1. The van der Waals surface area contributed by atoms with Crippen LogP contribution in [-0.4, -0.2) is 42.9 Å². The summed E-state index contributed by atoms with van der Waals surface area (Å²) in [6.45, 7) is 2.22. The maximum absolute atomic E-state index is 11.7. The van der Waals surface area contributed by atoms with Gasteiger partial charge >= 0.3 is 5.97 Å². The van der Waals surface area contributed by atoms with Crippen molar-refractivity contribution in [1.29, 1.82) is 0 Å². The SMILES string of the molecule is CCNS(=O)(=O)N1CCCC[C@H]1C(=O)O. The van der Waals surface area contributed by atoms with Crippen molar-refractivity contribution in [2.75, 3.05) is 13.1 Å². The van der Waals surface area contributed by atoms with E-state index in [1.807, 2.05) is 0 Å². The highest BCUT2D eigenvalue weighted by Crippen LogP contribution is 2.19. The monoisotopic (exact) mass is 236 g/mol. The second-order valence-electron chi connectivity index (χ2n) is 3.46. The first kappa shape index (κ1) is 12.4. The number of carboxylic acid groups (broad SMARTS) is 1. The van der Waals surface area contributed by atoms with Gasteiger partial charge in [0.05, 0.1) is 0 Å². The molecule has 1 aliphatic heterocycles. The maximum Gasteiger partial charge on any atom is 0.322 e. The average Bonchev–Trinajstić information content (AvgIpc) is 2.17. The molecule has 1 fully saturated rings. The third-order valence-electron chi connectivity index (χ3n) is 2.37. The van der Waals surface area contributed by atoms with Gasteiger partial charge in [0.1, 0.15) is 6.04 Å². The van der Waals surface area contributed by atoms with E-state index in [2.05, 4.69) is 4.72 Å². The molecule has 7 heteroatoms. The molecule has 0 aromatic carbocycles. The number of piperidine rings is 1. The molecule has 0 spiro atoms. The maximum atomic E-state index is 11.7. The zero-order valence-electron chi connectivity index (χ0n) is 8.64. The number of carbonyl (C=O) groups is 1. The first-order chi connectivity index (χ1) is 6.99. The van der Waals surface area contributed by atoms with Gasteiger partial charge in [-0.1, -0.05) is 6.92 Å². The molecule has 0 bridgehead atoms. The fourth-order valence-electron chi connectivity index (χ4n) is 1.70. The minimum absolute atomic E-state index is 0.269. The first-order valence-electron chi connectivity index (χ1n) is 4.98. The highest BCUT2D eigenvalue weighted by molar-refractivity contribution is 7.87. The Balaban J connectivity index is 2.85. The standard InChI is InChI=1S/C8H16N2O4S/c1-2-9-15(13,14)10-6-4-3-5-7(10)8(11)12/h7,9H,2-6H2,1H3,(H,11,12)/t7-/m0/s1. The first-order valence-corrected chi connectivity index (χ1v) is 6.42. The number of rotatable bonds is 4. The average molecular weight is 236 g/mol. The van der Waals surface area contributed by atoms with Gasteiger partial charge in [0, 0.05) is 13.1 Å². The fourth-order valence-corrected chi connectivity index (χ4v) is 3.14. The largest absolute Gasteiger partial charge is 0.480 e. The van der Waals surface area contributed by atoms with E-state index in [1.165, 1.54) is 0 Å². The molecule has 15 heavy (non-hydrogen) atoms. The second-order valence-corrected chi connectivity index (χ2v) is 5.17. The molecular formula is C8H16N2O4S. The summed E-state index contributed by atoms with van der Waals surface area (Å²) in [5.41, 5.74) is 0. The molecule has 1 atom stereocenters. The van der Waals surface area contributed by atoms with Crippen molar-refractivity contribution >= 4 is 16.2 Å². The lowest BCUT2D eigenvalue weighted by Crippen LogP contribution is -2.52. The van der Waals surface area contributed by atoms with Gasteiger partial charge in [0.25, 0.3) is 10.2 Å². The number of hydrogen-bond donors (Lipinski definition) is 2. The molecule has 0 aliphatic carbocycles. The van der Waals surface area contributed by atoms with Crippen LogP contribution in [0.3, 0.4) is 0 Å². The van der Waals surface area contributed by atoms with Crippen molar-refractivity contribution in [3.05, 3.63) is 0 Å². The summed E-state index contributed by atoms with van der Waals surface area (Å²) in [7, 11) is -3.63. The topological polar surface area (TPSA) is 86.7 Å². The van der Waals surface area contributed by atoms with E-state index < -0.39 is 22.2 Å². The molecule has 0 unspecified atom stereocenters. The van der Waals surface area contributed by atoms with Gasteiger partial charge in [0.2, 0.25) is 0 Å². The van der Waals surface area contributed by atoms with Crippen molar-refractivity contribution in [2.24, 2.45) is 0 Å². The fraction of sp³-hybridized carbons (Fsp3) is 0.875. The van der Waals surface area contributed by atoms with Gasteiger partial charge in [-0.05, 0) is 19.3 Å². The highest BCUT2D eigenvalue weighted by atomic mass is 32.2. The van der Waals surface area contributed by atoms with Gasteiger partial charge in [0.15, 0.2) is 0 Å². The van der Waals surface area contributed by atoms with Gasteiger partial charge < -0.3 is 5.11 Å². The summed E-state index contributed by atoms with van der Waals surface area (Å²) in [4.78, 5) is 10.9. The molecule has 0 saturated carbocycles. The number of aliphatic carboxylic acids is 1. The van der Waals surface area contributed by atoms with Gasteiger partial charge in [-0.25, -0.2) is 4.72 Å². The lowest BCUT2D eigenvalue weighted by molar-refractivity contribution is -0.142. The Bertz CT molecular complexity index is 328. The second kappa shape index (κ2) is 4.91. The summed E-state index contributed by atoms with van der Waals surface area (Å²) in [5, 5.41) is 8.91. The lowest BCUT2D eigenvalue weighted by atomic mass is 10.1. The van der Waals surface area contributed by atoms with E-state index in [-0.39, 0.29) is 13.1 Å². The molecule has 0 aromatic heterocycles. The van der Waals surface area contributed by atoms with E-state index in [4.69, 9.17) is 5.11 Å². The van der Waals surface area contributed by atoms with Crippen molar-refractivity contribution in [1.82, 2.24) is 9.03 Å². The quantitative estimate of drug-likeness (QED) is 0.706. The predicted octanol–water partition coefficient (Wildman–Crippen LogP) is -0.220. The van der Waals surface area contributed by atoms with Crippen molar-refractivity contribution in [3.8, 4) is 0 Å². The molecule has 1 heterocycles. The van der Waals surface area contributed by atoms with Crippen molar-refractivity contribution < 1.29 is 18.3 Å². The van der Waals surface area contributed by atoms with Crippen LogP contribution in [0.4, 0.5) is 0 Å². The minimum atomic E-state index is -3.63. The van der Waals surface area contributed by atoms with Crippen LogP contribution >= 0.6 is 0 Å². The smallest absolute Gasteiger partial charge is 0.322 e. The Morgan fingerprint density at radius 1 is 1.53 bits per heavy atom. The van der Waals surface area contributed by atoms with Gasteiger partial charge in [-0.3, -0.25) is 4.79 Å². The Hall–Kier alpha value is -0.660. The molecule has 0 amide bonds. The molecule has 1 rings (SSSR count). The summed E-state index contributed by atoms with van der Waals surface area (Å²) in [6, 6.07) is -0.914. The van der Waals surface area contributed by atoms with Gasteiger partial charge in [-0.2, -0.15) is 12.7 Å². The lowest BCUT2D eigenvalue weighted by Gasteiger charge is -2.31. The van der Waals surface area contributed by atoms with Crippen LogP contribution in [0.5, 0.6) is 0 Å². The van der Waals surface area contributed by atoms with Crippen LogP contribution in [0.2, 0.25) is 0 Å². The van der Waals surface area contributed by atoms with Gasteiger partial charge in [-0.15, -0.1) is 0 Å². The Morgan fingerprint density at radius 2 is 2.20 bits per heavy atom. The Kier molecular flexibility index (Phi) is 4.06. The Labute approximate surface area is 89.4 Å². The van der Waals surface area contributed by atoms with E-state index in [9.17, 15) is 13.2 Å². The minimum Gasteiger partial charge on any atom is -0.480 e. The molecule has 6 nitrogen and oxygen atoms in total. The van der Waals surface area contributed by atoms with Crippen molar-refractivity contribution in [3.63, 3.8) is 0 Å². The van der Waals surface area contributed by atoms with Crippen LogP contribution < -0.4 is 4.72 Å². The van der Waals surface area contributed by atoms with Crippen molar-refractivity contribution in [2.45, 2.75) is 32.2 Å². The summed E-state index contributed by atoms with van der Waals surface area (Å²) in [6.07, 6.45) is 1.86. The molecule has 1 saturated heterocycles. The molecule has 1 aliphatic rings. The van der Waals surface area contributed by atoms with E-state index in [1.54, 1.807) is 6.92 Å². The molecule has 0 radical (unpaired) electrons. The highest BCUT2D eigenvalue weighted by Gasteiger charge is 2.36. The summed E-state index contributed by atoms with van der Waals surface area (Å²) < 4.78 is 26.7. The number of nitrogens with zero attached hydrogens (tertiary/aromatic N) is 1. The number of hydrogen-bond acceptors (Lipinski definition) is 3. The van der Waals surface area contributed by atoms with Crippen LogP contribution in [-0.2, 0) is 15.0 Å². The summed E-state index contributed by atoms with van der Waals surface area (Å²) in [5.74, 6) is -1.07. The molecular weight excluding hydrogens is 220 g/mol. The summed E-state index contributed by atoms with van der Waals surface area (Å²) >= 11 is 0. The third kappa shape index (κ3) is 2.90. The van der Waals surface area contributed by atoms with E-state index in [0.717, 1.165) is 10.7 Å². The Morgan fingerprint density at radius 3 is 2.73 bits per heavy atom. The number of carboxylic acids is 1. The van der Waals surface area contributed by atoms with E-state index >= 15 is 0 Å². The zero-order valence-corrected chi connectivity index (χ0v) is 9.46. The van der Waals surface area contributed by atoms with Crippen LogP contribution in [0.1, 0.15) is 26.2 Å². The zero-order chi connectivity index (χ0) is 11.5. The predicted molar refractivity (Wildman–Crippen MR) is 54.6 cm³/mol. The molecule has 88 valence electrons. The van der Waals surface area contributed by atoms with Crippen LogP contribution in [0.15, 0.2) is 0 Å².